The van der Waals surface area contributed by atoms with E-state index in [0.29, 0.717) is 6.42 Å². The van der Waals surface area contributed by atoms with Crippen molar-refractivity contribution in [3.8, 4) is 0 Å². The van der Waals surface area contributed by atoms with Crippen molar-refractivity contribution in [2.24, 2.45) is 5.41 Å². The molecule has 5 heteroatoms. The van der Waals surface area contributed by atoms with E-state index in [1.807, 2.05) is 13.8 Å². The fourth-order valence-corrected chi connectivity index (χ4v) is 2.75. The molecule has 0 spiro atoms. The van der Waals surface area contributed by atoms with Gasteiger partial charge in [0.15, 0.2) is 0 Å². The Morgan fingerprint density at radius 2 is 2.00 bits per heavy atom. The van der Waals surface area contributed by atoms with E-state index in [-0.39, 0.29) is 5.91 Å². The Morgan fingerprint density at radius 1 is 1.47 bits per heavy atom. The maximum absolute atomic E-state index is 12.1. The van der Waals surface area contributed by atoms with E-state index in [4.69, 9.17) is 4.74 Å². The summed E-state index contributed by atoms with van der Waals surface area (Å²) in [7, 11) is 0. The first-order valence-electron chi connectivity index (χ1n) is 5.46. The van der Waals surface area contributed by atoms with Crippen LogP contribution < -0.4 is 0 Å². The molecule has 0 fully saturated rings. The van der Waals surface area contributed by atoms with Gasteiger partial charge in [0, 0.05) is 15.2 Å². The zero-order valence-corrected chi connectivity index (χ0v) is 13.0. The fourth-order valence-electron chi connectivity index (χ4n) is 1.51. The normalized spacial score (nSPS) is 20.0. The Bertz CT molecular complexity index is 380. The minimum absolute atomic E-state index is 0.216. The molecule has 0 N–H and O–H groups in total. The number of hydrogen-bond acceptors (Lipinski definition) is 3. The predicted molar refractivity (Wildman–Crippen MR) is 73.6 cm³/mol. The molecule has 4 nitrogen and oxygen atoms in total. The van der Waals surface area contributed by atoms with Crippen LogP contribution in [0.4, 0.5) is 4.79 Å². The zero-order valence-electron chi connectivity index (χ0n) is 10.8. The smallest absolute Gasteiger partial charge is 0.421 e. The molecular weight excluding hydrogens is 333 g/mol. The first-order chi connectivity index (χ1) is 7.53. The van der Waals surface area contributed by atoms with E-state index in [0.717, 1.165) is 8.48 Å². The van der Waals surface area contributed by atoms with Gasteiger partial charge in [-0.05, 0) is 49.8 Å². The molecule has 0 aromatic carbocycles. The molecule has 0 bridgehead atoms. The van der Waals surface area contributed by atoms with Crippen LogP contribution in [0.2, 0.25) is 0 Å². The summed E-state index contributed by atoms with van der Waals surface area (Å²) in [6, 6.07) is 0. The van der Waals surface area contributed by atoms with E-state index in [2.05, 4.69) is 22.6 Å². The number of amides is 2. The summed E-state index contributed by atoms with van der Waals surface area (Å²) < 4.78 is 6.18. The maximum atomic E-state index is 12.1. The molecule has 0 aliphatic carbocycles. The van der Waals surface area contributed by atoms with Crippen LogP contribution in [0.1, 0.15) is 41.0 Å². The molecule has 0 aromatic heterocycles. The highest BCUT2D eigenvalue weighted by molar-refractivity contribution is 14.1. The molecule has 96 valence electrons. The van der Waals surface area contributed by atoms with Gasteiger partial charge in [0.25, 0.3) is 0 Å². The standard InChI is InChI=1S/C12H18INO3/c1-11(2,3)17-10(16)14-7-8(13)6-12(4,5)9(14)15/h7H,6H2,1-5H3. The van der Waals surface area contributed by atoms with Crippen molar-refractivity contribution in [1.29, 1.82) is 0 Å². The van der Waals surface area contributed by atoms with Crippen molar-refractivity contribution < 1.29 is 14.3 Å². The summed E-state index contributed by atoms with van der Waals surface area (Å²) in [6.07, 6.45) is 1.61. The van der Waals surface area contributed by atoms with Gasteiger partial charge in [0.2, 0.25) is 5.91 Å². The van der Waals surface area contributed by atoms with Crippen molar-refractivity contribution in [2.75, 3.05) is 0 Å². The molecular formula is C12H18INO3. The monoisotopic (exact) mass is 351 g/mol. The summed E-state index contributed by atoms with van der Waals surface area (Å²) >= 11 is 2.14. The third kappa shape index (κ3) is 3.69. The van der Waals surface area contributed by atoms with E-state index in [9.17, 15) is 9.59 Å². The van der Waals surface area contributed by atoms with Crippen LogP contribution in [0, 0.1) is 5.41 Å². The second-order valence-corrected chi connectivity index (χ2v) is 7.18. The molecule has 1 rings (SSSR count). The van der Waals surface area contributed by atoms with Crippen molar-refractivity contribution in [2.45, 2.75) is 46.6 Å². The molecule has 1 aliphatic heterocycles. The third-order valence-corrected chi connectivity index (χ3v) is 2.93. The van der Waals surface area contributed by atoms with Crippen molar-refractivity contribution >= 4 is 34.6 Å². The SMILES string of the molecule is CC(C)(C)OC(=O)N1C=C(I)CC(C)(C)C1=O. The van der Waals surface area contributed by atoms with Gasteiger partial charge in [0.05, 0.1) is 0 Å². The van der Waals surface area contributed by atoms with Crippen molar-refractivity contribution in [3.63, 3.8) is 0 Å². The lowest BCUT2D eigenvalue weighted by atomic mass is 9.86. The molecule has 0 saturated heterocycles. The molecule has 0 atom stereocenters. The van der Waals surface area contributed by atoms with Crippen molar-refractivity contribution in [1.82, 2.24) is 4.90 Å². The summed E-state index contributed by atoms with van der Waals surface area (Å²) in [6.45, 7) is 8.99. The number of ether oxygens (including phenoxy) is 1. The topological polar surface area (TPSA) is 46.6 Å². The van der Waals surface area contributed by atoms with Gasteiger partial charge in [0.1, 0.15) is 5.60 Å². The van der Waals surface area contributed by atoms with E-state index >= 15 is 0 Å². The van der Waals surface area contributed by atoms with Gasteiger partial charge in [-0.2, -0.15) is 0 Å². The van der Waals surface area contributed by atoms with Crippen LogP contribution in [0.15, 0.2) is 9.78 Å². The molecule has 0 unspecified atom stereocenters. The molecule has 1 aliphatic rings. The molecule has 17 heavy (non-hydrogen) atoms. The summed E-state index contributed by atoms with van der Waals surface area (Å²) in [4.78, 5) is 25.1. The lowest BCUT2D eigenvalue weighted by molar-refractivity contribution is -0.137. The Labute approximate surface area is 116 Å². The Morgan fingerprint density at radius 3 is 2.47 bits per heavy atom. The number of nitrogens with zero attached hydrogens (tertiary/aromatic N) is 1. The number of carbonyl (C=O) groups is 2. The van der Waals surface area contributed by atoms with Crippen LogP contribution >= 0.6 is 22.6 Å². The van der Waals surface area contributed by atoms with E-state index in [1.165, 1.54) is 0 Å². The summed E-state index contributed by atoms with van der Waals surface area (Å²) in [5.41, 5.74) is -1.15. The molecule has 2 amide bonds. The average molecular weight is 351 g/mol. The Kier molecular flexibility index (Phi) is 3.91. The molecule has 0 aromatic rings. The summed E-state index contributed by atoms with van der Waals surface area (Å²) in [5, 5.41) is 0. The highest BCUT2D eigenvalue weighted by Gasteiger charge is 2.40. The molecule has 1 heterocycles. The van der Waals surface area contributed by atoms with Crippen LogP contribution in [-0.2, 0) is 9.53 Å². The minimum Gasteiger partial charge on any atom is -0.443 e. The van der Waals surface area contributed by atoms with Gasteiger partial charge in [-0.1, -0.05) is 13.8 Å². The van der Waals surface area contributed by atoms with Gasteiger partial charge >= 0.3 is 6.09 Å². The quantitative estimate of drug-likeness (QED) is 0.628. The maximum Gasteiger partial charge on any atom is 0.421 e. The lowest BCUT2D eigenvalue weighted by Gasteiger charge is -2.34. The highest BCUT2D eigenvalue weighted by atomic mass is 127. The number of imide groups is 1. The van der Waals surface area contributed by atoms with Gasteiger partial charge in [-0.25, -0.2) is 9.69 Å². The van der Waals surface area contributed by atoms with Crippen LogP contribution in [-0.4, -0.2) is 22.5 Å². The number of allylic oxidation sites excluding steroid dienone is 1. The van der Waals surface area contributed by atoms with E-state index in [1.54, 1.807) is 27.0 Å². The van der Waals surface area contributed by atoms with Gasteiger partial charge in [-0.15, -0.1) is 0 Å². The number of hydrogen-bond donors (Lipinski definition) is 0. The fraction of sp³-hybridized carbons (Fsp3) is 0.667. The number of halogens is 1. The second-order valence-electron chi connectivity index (χ2n) is 5.79. The highest BCUT2D eigenvalue weighted by Crippen LogP contribution is 2.35. The lowest BCUT2D eigenvalue weighted by Crippen LogP contribution is -2.46. The van der Waals surface area contributed by atoms with Gasteiger partial charge < -0.3 is 4.74 Å². The third-order valence-electron chi connectivity index (χ3n) is 2.27. The van der Waals surface area contributed by atoms with Crippen molar-refractivity contribution in [3.05, 3.63) is 9.78 Å². The number of rotatable bonds is 0. The Hall–Kier alpha value is -0.590. The second kappa shape index (κ2) is 4.59. The largest absolute Gasteiger partial charge is 0.443 e. The average Bonchev–Trinajstić information content (AvgIpc) is 2.07. The van der Waals surface area contributed by atoms with Crippen LogP contribution in [0.3, 0.4) is 0 Å². The zero-order chi connectivity index (χ0) is 13.4. The Balaban J connectivity index is 2.94. The van der Waals surface area contributed by atoms with Gasteiger partial charge in [-0.3, -0.25) is 4.79 Å². The summed E-state index contributed by atoms with van der Waals surface area (Å²) in [5.74, 6) is -0.216. The number of carbonyl (C=O) groups excluding carboxylic acids is 2. The molecule has 0 saturated carbocycles. The van der Waals surface area contributed by atoms with E-state index < -0.39 is 17.1 Å². The minimum atomic E-state index is -0.607. The first kappa shape index (κ1) is 14.5. The van der Waals surface area contributed by atoms with Crippen LogP contribution in [0.25, 0.3) is 0 Å². The predicted octanol–water partition coefficient (Wildman–Crippen LogP) is 3.46. The first-order valence-corrected chi connectivity index (χ1v) is 6.54. The molecule has 0 radical (unpaired) electrons. The van der Waals surface area contributed by atoms with Crippen LogP contribution in [0.5, 0.6) is 0 Å².